The van der Waals surface area contributed by atoms with Crippen LogP contribution in [0.4, 0.5) is 9.52 Å². The molecular weight excluding hydrogens is 500 g/mol. The van der Waals surface area contributed by atoms with Crippen LogP contribution in [0.25, 0.3) is 0 Å². The Hall–Kier alpha value is -2.65. The van der Waals surface area contributed by atoms with Crippen molar-refractivity contribution in [2.75, 3.05) is 18.1 Å². The molecule has 2 amide bonds. The molecule has 0 bridgehead atoms. The summed E-state index contributed by atoms with van der Waals surface area (Å²) < 4.78 is 18.8. The van der Waals surface area contributed by atoms with Crippen LogP contribution in [0.5, 0.6) is 5.75 Å². The number of thiazole rings is 1. The molecule has 4 rings (SSSR count). The minimum absolute atomic E-state index is 0. The fraction of sp³-hybridized carbons (Fsp3) is 0.211. The molecular formula is C19H15FN5NaO6S2. The van der Waals surface area contributed by atoms with Gasteiger partial charge in [0.15, 0.2) is 10.8 Å². The number of thioether (sulfide) groups is 1. The van der Waals surface area contributed by atoms with E-state index in [9.17, 15) is 29.1 Å². The van der Waals surface area contributed by atoms with E-state index in [0.717, 1.165) is 22.3 Å². The summed E-state index contributed by atoms with van der Waals surface area (Å²) in [4.78, 5) is 41.9. The molecule has 11 nitrogen and oxygen atoms in total. The summed E-state index contributed by atoms with van der Waals surface area (Å²) in [5.41, 5.74) is 5.04. The number of hydrogen-bond acceptors (Lipinski definition) is 11. The van der Waals surface area contributed by atoms with E-state index in [0.29, 0.717) is 0 Å². The van der Waals surface area contributed by atoms with Gasteiger partial charge in [-0.15, -0.1) is 23.1 Å². The van der Waals surface area contributed by atoms with Gasteiger partial charge in [-0.2, -0.15) is 0 Å². The van der Waals surface area contributed by atoms with Crippen molar-refractivity contribution in [2.24, 2.45) is 5.16 Å². The van der Waals surface area contributed by atoms with Crippen LogP contribution >= 0.6 is 23.1 Å². The number of nitrogens with one attached hydrogen (secondary N) is 1. The fourth-order valence-corrected chi connectivity index (χ4v) is 5.20. The number of carboxylic acid groups (broad SMARTS) is 1. The molecule has 34 heavy (non-hydrogen) atoms. The predicted octanol–water partition coefficient (Wildman–Crippen LogP) is -3.47. The van der Waals surface area contributed by atoms with Crippen LogP contribution in [0.1, 0.15) is 5.69 Å². The number of amides is 2. The zero-order valence-corrected chi connectivity index (χ0v) is 21.2. The van der Waals surface area contributed by atoms with Gasteiger partial charge in [-0.3, -0.25) is 14.5 Å². The van der Waals surface area contributed by atoms with Crippen molar-refractivity contribution in [3.05, 3.63) is 52.4 Å². The first kappa shape index (κ1) is 26.0. The van der Waals surface area contributed by atoms with Gasteiger partial charge >= 0.3 is 29.6 Å². The maximum atomic E-state index is 13.3. The number of nitrogens with zero attached hydrogens (tertiary/aromatic N) is 3. The second-order valence-electron chi connectivity index (χ2n) is 6.87. The van der Waals surface area contributed by atoms with E-state index >= 15 is 0 Å². The molecule has 172 valence electrons. The second kappa shape index (κ2) is 10.7. The van der Waals surface area contributed by atoms with Gasteiger partial charge in [-0.25, -0.2) is 9.37 Å². The molecule has 0 radical (unpaired) electrons. The van der Waals surface area contributed by atoms with Gasteiger partial charge in [0, 0.05) is 22.8 Å². The number of benzene rings is 1. The number of hydrogen-bond donors (Lipinski definition) is 3. The van der Waals surface area contributed by atoms with E-state index in [4.69, 9.17) is 10.5 Å². The van der Waals surface area contributed by atoms with Gasteiger partial charge in [0.2, 0.25) is 0 Å². The molecule has 15 heteroatoms. The summed E-state index contributed by atoms with van der Waals surface area (Å²) in [6.07, 6.45) is 0. The number of ether oxygens (including phenoxy) is 1. The monoisotopic (exact) mass is 515 g/mol. The van der Waals surface area contributed by atoms with Gasteiger partial charge in [-0.1, -0.05) is 11.2 Å². The molecule has 1 saturated heterocycles. The van der Waals surface area contributed by atoms with E-state index in [-0.39, 0.29) is 69.8 Å². The number of rotatable bonds is 7. The number of anilines is 1. The first-order valence-electron chi connectivity index (χ1n) is 9.31. The van der Waals surface area contributed by atoms with Crippen molar-refractivity contribution in [1.29, 1.82) is 0 Å². The van der Waals surface area contributed by atoms with Crippen molar-refractivity contribution in [2.45, 2.75) is 11.4 Å². The Bertz CT molecular complexity index is 1210. The van der Waals surface area contributed by atoms with Crippen LogP contribution < -0.4 is 50.5 Å². The SMILES string of the molecule is Nc1nc(/C(=N/O)C(=O)NC2C(=O)N3C(C(=O)[O-])=C(COc4cccc(F)c4)CS[C@H]23)cs1.[Na+]. The van der Waals surface area contributed by atoms with E-state index in [1.807, 2.05) is 0 Å². The Balaban J connectivity index is 0.00000324. The van der Waals surface area contributed by atoms with Crippen molar-refractivity contribution >= 4 is 51.7 Å². The minimum Gasteiger partial charge on any atom is -0.543 e. The van der Waals surface area contributed by atoms with Crippen LogP contribution in [-0.4, -0.2) is 62.4 Å². The van der Waals surface area contributed by atoms with Gasteiger partial charge in [-0.05, 0) is 12.1 Å². The third-order valence-electron chi connectivity index (χ3n) is 4.82. The number of carbonyl (C=O) groups excluding carboxylic acids is 3. The molecule has 3 heterocycles. The number of aliphatic carboxylic acids is 1. The number of nitrogen functional groups attached to an aromatic ring is 1. The quantitative estimate of drug-likeness (QED) is 0.111. The standard InChI is InChI=1S/C19H16FN5O6S2.Na/c20-9-2-1-3-10(4-9)31-5-8-6-32-17-13(16(27)25(17)14(8)18(28)29)23-15(26)12(24-30)11-7-33-19(21)22-11;/h1-4,7,13,17,30H,5-6H2,(H2,21,22)(H,23,26)(H,28,29);/q;+1/p-1/b24-12-;/t13?,17-;/m1./s1. The summed E-state index contributed by atoms with van der Waals surface area (Å²) in [5.74, 6) is -3.28. The van der Waals surface area contributed by atoms with Crippen LogP contribution in [0.2, 0.25) is 0 Å². The molecule has 2 aromatic rings. The largest absolute Gasteiger partial charge is 1.00 e. The normalized spacial score (nSPS) is 19.6. The number of carboxylic acids is 1. The average Bonchev–Trinajstić information content (AvgIpc) is 3.21. The molecule has 1 unspecified atom stereocenters. The maximum Gasteiger partial charge on any atom is 1.00 e. The first-order valence-corrected chi connectivity index (χ1v) is 11.2. The number of halogens is 1. The average molecular weight is 515 g/mol. The molecule has 2 atom stereocenters. The van der Waals surface area contributed by atoms with Gasteiger partial charge < -0.3 is 30.9 Å². The molecule has 4 N–H and O–H groups in total. The molecule has 2 aliphatic heterocycles. The summed E-state index contributed by atoms with van der Waals surface area (Å²) >= 11 is 2.24. The molecule has 0 spiro atoms. The third-order valence-corrected chi connectivity index (χ3v) is 6.83. The number of β-lactam (4-membered cyclic amide) rings is 1. The molecule has 1 aromatic heterocycles. The van der Waals surface area contributed by atoms with E-state index in [1.54, 1.807) is 0 Å². The Morgan fingerprint density at radius 2 is 2.21 bits per heavy atom. The molecule has 0 aliphatic carbocycles. The number of aromatic nitrogens is 1. The Morgan fingerprint density at radius 1 is 1.44 bits per heavy atom. The number of carbonyl (C=O) groups is 3. The van der Waals surface area contributed by atoms with Crippen molar-refractivity contribution in [3.63, 3.8) is 0 Å². The predicted molar refractivity (Wildman–Crippen MR) is 114 cm³/mol. The van der Waals surface area contributed by atoms with Crippen molar-refractivity contribution in [3.8, 4) is 5.75 Å². The van der Waals surface area contributed by atoms with Gasteiger partial charge in [0.1, 0.15) is 35.3 Å². The summed E-state index contributed by atoms with van der Waals surface area (Å²) in [6.45, 7) is -0.195. The van der Waals surface area contributed by atoms with E-state index in [1.165, 1.54) is 35.3 Å². The van der Waals surface area contributed by atoms with Crippen LogP contribution in [0, 0.1) is 5.82 Å². The molecule has 1 aromatic carbocycles. The van der Waals surface area contributed by atoms with Gasteiger partial charge in [0.05, 0.1) is 11.7 Å². The van der Waals surface area contributed by atoms with E-state index in [2.05, 4.69) is 15.5 Å². The van der Waals surface area contributed by atoms with Crippen LogP contribution in [0.15, 0.2) is 46.1 Å². The molecule has 1 fully saturated rings. The Kier molecular flexibility index (Phi) is 8.20. The Morgan fingerprint density at radius 3 is 2.82 bits per heavy atom. The summed E-state index contributed by atoms with van der Waals surface area (Å²) in [7, 11) is 0. The van der Waals surface area contributed by atoms with E-state index < -0.39 is 40.7 Å². The fourth-order valence-electron chi connectivity index (χ4n) is 3.33. The topological polar surface area (TPSA) is 170 Å². The molecule has 2 aliphatic rings. The molecule has 0 saturated carbocycles. The second-order valence-corrected chi connectivity index (χ2v) is 8.86. The zero-order valence-electron chi connectivity index (χ0n) is 17.6. The van der Waals surface area contributed by atoms with Crippen molar-refractivity contribution in [1.82, 2.24) is 15.2 Å². The smallest absolute Gasteiger partial charge is 0.543 e. The Labute approximate surface area is 222 Å². The summed E-state index contributed by atoms with van der Waals surface area (Å²) in [5, 5.41) is 27.2. The minimum atomic E-state index is -1.58. The summed E-state index contributed by atoms with van der Waals surface area (Å²) in [6, 6.07) is 4.28. The number of oxime groups is 1. The maximum absolute atomic E-state index is 13.3. The third kappa shape index (κ3) is 5.05. The van der Waals surface area contributed by atoms with Crippen LogP contribution in [0.3, 0.4) is 0 Å². The number of fused-ring (bicyclic) bond motifs is 1. The van der Waals surface area contributed by atoms with Crippen LogP contribution in [-0.2, 0) is 14.4 Å². The first-order chi connectivity index (χ1) is 15.8. The zero-order chi connectivity index (χ0) is 23.7. The van der Waals surface area contributed by atoms with Crippen molar-refractivity contribution < 1.29 is 63.4 Å². The van der Waals surface area contributed by atoms with Gasteiger partial charge in [0.25, 0.3) is 11.8 Å². The number of nitrogens with two attached hydrogens (primary N) is 1.